The van der Waals surface area contributed by atoms with Gasteiger partial charge in [-0.2, -0.15) is 0 Å². The predicted molar refractivity (Wildman–Crippen MR) is 78.1 cm³/mol. The highest BCUT2D eigenvalue weighted by Crippen LogP contribution is 2.28. The molecule has 0 aliphatic rings. The summed E-state index contributed by atoms with van der Waals surface area (Å²) in [5, 5.41) is 13.0. The number of rotatable bonds is 3. The molecular weight excluding hydrogens is 343 g/mol. The monoisotopic (exact) mass is 346 g/mol. The van der Waals surface area contributed by atoms with E-state index in [1.54, 1.807) is 0 Å². The first kappa shape index (κ1) is 15.4. The normalized spacial score (nSPS) is 10.2. The van der Waals surface area contributed by atoms with Crippen LogP contribution in [0.25, 0.3) is 0 Å². The maximum Gasteiger partial charge on any atom is 0.270 e. The topological polar surface area (TPSA) is 98.0 Å². The molecule has 1 N–H and O–H groups in total. The number of nitrogens with one attached hydrogen (secondary N) is 1. The van der Waals surface area contributed by atoms with Crippen molar-refractivity contribution in [3.05, 3.63) is 55.5 Å². The molecule has 0 fully saturated rings. The van der Waals surface area contributed by atoms with Crippen LogP contribution in [0.15, 0.2) is 24.5 Å². The Bertz CT molecular complexity index is 718. The molecule has 108 valence electrons. The number of hydrogen-bond acceptors (Lipinski definition) is 5. The van der Waals surface area contributed by atoms with Crippen LogP contribution in [0, 0.1) is 10.1 Å². The summed E-state index contributed by atoms with van der Waals surface area (Å²) in [7, 11) is 0. The fourth-order valence-corrected chi connectivity index (χ4v) is 2.04. The Morgan fingerprint density at radius 3 is 2.38 bits per heavy atom. The molecular formula is C11H5Cl3N4O3. The van der Waals surface area contributed by atoms with Crippen molar-refractivity contribution in [2.75, 3.05) is 5.32 Å². The van der Waals surface area contributed by atoms with E-state index < -0.39 is 10.8 Å². The van der Waals surface area contributed by atoms with Gasteiger partial charge in [-0.1, -0.05) is 34.8 Å². The first-order valence-corrected chi connectivity index (χ1v) is 6.45. The minimum atomic E-state index is -0.720. The number of non-ortho nitro benzene ring substituents is 1. The number of aromatic nitrogens is 2. The lowest BCUT2D eigenvalue weighted by Crippen LogP contribution is -2.14. The SMILES string of the molecule is O=C(Nc1c(Cl)ncnc1Cl)c1cc([N+](=O)[O-])ccc1Cl. The largest absolute Gasteiger partial charge is 0.317 e. The van der Waals surface area contributed by atoms with E-state index in [-0.39, 0.29) is 32.3 Å². The molecule has 2 aromatic rings. The first-order chi connectivity index (χ1) is 9.90. The van der Waals surface area contributed by atoms with Crippen LogP contribution in [0.3, 0.4) is 0 Å². The van der Waals surface area contributed by atoms with Gasteiger partial charge in [0, 0.05) is 12.1 Å². The van der Waals surface area contributed by atoms with Crippen molar-refractivity contribution in [2.24, 2.45) is 0 Å². The number of nitrogens with zero attached hydrogens (tertiary/aromatic N) is 3. The van der Waals surface area contributed by atoms with E-state index in [0.717, 1.165) is 12.4 Å². The summed E-state index contributed by atoms with van der Waals surface area (Å²) in [5.74, 6) is -0.720. The quantitative estimate of drug-likeness (QED) is 0.519. The van der Waals surface area contributed by atoms with Crippen LogP contribution >= 0.6 is 34.8 Å². The van der Waals surface area contributed by atoms with Crippen LogP contribution in [-0.4, -0.2) is 20.8 Å². The molecule has 1 heterocycles. The Hall–Kier alpha value is -1.96. The van der Waals surface area contributed by atoms with E-state index >= 15 is 0 Å². The predicted octanol–water partition coefficient (Wildman–Crippen LogP) is 3.60. The smallest absolute Gasteiger partial charge is 0.270 e. The van der Waals surface area contributed by atoms with Gasteiger partial charge < -0.3 is 5.32 Å². The number of carbonyl (C=O) groups is 1. The van der Waals surface area contributed by atoms with Crippen molar-refractivity contribution in [3.8, 4) is 0 Å². The van der Waals surface area contributed by atoms with Gasteiger partial charge in [-0.15, -0.1) is 0 Å². The number of carbonyl (C=O) groups excluding carboxylic acids is 1. The minimum absolute atomic E-state index is 0.00611. The Kier molecular flexibility index (Phi) is 4.56. The average Bonchev–Trinajstić information content (AvgIpc) is 2.43. The third-order valence-corrected chi connectivity index (χ3v) is 3.30. The van der Waals surface area contributed by atoms with Gasteiger partial charge in [-0.05, 0) is 6.07 Å². The summed E-state index contributed by atoms with van der Waals surface area (Å²) >= 11 is 17.4. The fraction of sp³-hybridized carbons (Fsp3) is 0. The Balaban J connectivity index is 2.37. The zero-order chi connectivity index (χ0) is 15.6. The number of amides is 1. The zero-order valence-electron chi connectivity index (χ0n) is 10.0. The number of hydrogen-bond donors (Lipinski definition) is 1. The van der Waals surface area contributed by atoms with Gasteiger partial charge in [-0.3, -0.25) is 14.9 Å². The molecule has 0 unspecified atom stereocenters. The van der Waals surface area contributed by atoms with Gasteiger partial charge in [0.2, 0.25) is 0 Å². The van der Waals surface area contributed by atoms with Crippen LogP contribution in [-0.2, 0) is 0 Å². The summed E-state index contributed by atoms with van der Waals surface area (Å²) < 4.78 is 0. The first-order valence-electron chi connectivity index (χ1n) is 5.31. The highest BCUT2D eigenvalue weighted by atomic mass is 35.5. The number of nitro benzene ring substituents is 1. The lowest BCUT2D eigenvalue weighted by atomic mass is 10.2. The molecule has 0 radical (unpaired) electrons. The Morgan fingerprint density at radius 1 is 1.19 bits per heavy atom. The minimum Gasteiger partial charge on any atom is -0.317 e. The molecule has 0 spiro atoms. The summed E-state index contributed by atoms with van der Waals surface area (Å²) in [5.41, 5.74) is -0.374. The third-order valence-electron chi connectivity index (χ3n) is 2.40. The summed E-state index contributed by atoms with van der Waals surface area (Å²) in [4.78, 5) is 29.5. The van der Waals surface area contributed by atoms with Gasteiger partial charge in [0.05, 0.1) is 15.5 Å². The molecule has 0 saturated carbocycles. The molecule has 0 bridgehead atoms. The molecule has 0 saturated heterocycles. The lowest BCUT2D eigenvalue weighted by Gasteiger charge is -2.08. The third kappa shape index (κ3) is 3.38. The van der Waals surface area contributed by atoms with Crippen molar-refractivity contribution in [3.63, 3.8) is 0 Å². The van der Waals surface area contributed by atoms with Gasteiger partial charge in [0.1, 0.15) is 12.0 Å². The zero-order valence-corrected chi connectivity index (χ0v) is 12.3. The standard InChI is InChI=1S/C11H5Cl3N4O3/c12-7-2-1-5(18(20)21)3-6(7)11(19)17-8-9(13)15-4-16-10(8)14/h1-4H,(H,17,19). The van der Waals surface area contributed by atoms with Crippen molar-refractivity contribution in [1.29, 1.82) is 0 Å². The van der Waals surface area contributed by atoms with E-state index in [4.69, 9.17) is 34.8 Å². The Morgan fingerprint density at radius 2 is 1.81 bits per heavy atom. The highest BCUT2D eigenvalue weighted by Gasteiger charge is 2.18. The summed E-state index contributed by atoms with van der Waals surface area (Å²) in [6, 6.07) is 3.48. The molecule has 21 heavy (non-hydrogen) atoms. The van der Waals surface area contributed by atoms with Crippen molar-refractivity contribution >= 4 is 52.1 Å². The van der Waals surface area contributed by atoms with Crippen LogP contribution in [0.2, 0.25) is 15.3 Å². The van der Waals surface area contributed by atoms with E-state index in [1.807, 2.05) is 0 Å². The number of benzene rings is 1. The van der Waals surface area contributed by atoms with E-state index in [0.29, 0.717) is 0 Å². The number of nitro groups is 1. The molecule has 1 aromatic carbocycles. The number of anilines is 1. The highest BCUT2D eigenvalue weighted by molar-refractivity contribution is 6.39. The van der Waals surface area contributed by atoms with Gasteiger partial charge in [0.15, 0.2) is 10.3 Å². The van der Waals surface area contributed by atoms with Crippen molar-refractivity contribution in [1.82, 2.24) is 9.97 Å². The summed E-state index contributed by atoms with van der Waals surface area (Å²) in [6.45, 7) is 0. The van der Waals surface area contributed by atoms with Gasteiger partial charge >= 0.3 is 0 Å². The van der Waals surface area contributed by atoms with Crippen LogP contribution in [0.4, 0.5) is 11.4 Å². The lowest BCUT2D eigenvalue weighted by molar-refractivity contribution is -0.384. The number of halogens is 3. The molecule has 10 heteroatoms. The second kappa shape index (κ2) is 6.21. The van der Waals surface area contributed by atoms with E-state index in [9.17, 15) is 14.9 Å². The molecule has 7 nitrogen and oxygen atoms in total. The van der Waals surface area contributed by atoms with E-state index in [1.165, 1.54) is 12.1 Å². The second-order valence-electron chi connectivity index (χ2n) is 3.71. The van der Waals surface area contributed by atoms with Crippen LogP contribution in [0.5, 0.6) is 0 Å². The van der Waals surface area contributed by atoms with Gasteiger partial charge in [0.25, 0.3) is 11.6 Å². The van der Waals surface area contributed by atoms with Gasteiger partial charge in [-0.25, -0.2) is 9.97 Å². The molecule has 0 aliphatic heterocycles. The molecule has 0 aliphatic carbocycles. The van der Waals surface area contributed by atoms with Crippen LogP contribution in [0.1, 0.15) is 10.4 Å². The average molecular weight is 348 g/mol. The second-order valence-corrected chi connectivity index (χ2v) is 4.83. The molecule has 0 atom stereocenters. The maximum absolute atomic E-state index is 12.1. The van der Waals surface area contributed by atoms with E-state index in [2.05, 4.69) is 15.3 Å². The Labute approximate surface area is 133 Å². The van der Waals surface area contributed by atoms with Crippen molar-refractivity contribution < 1.29 is 9.72 Å². The van der Waals surface area contributed by atoms with Crippen LogP contribution < -0.4 is 5.32 Å². The fourth-order valence-electron chi connectivity index (χ4n) is 1.43. The maximum atomic E-state index is 12.1. The van der Waals surface area contributed by atoms with Crippen molar-refractivity contribution in [2.45, 2.75) is 0 Å². The molecule has 1 aromatic heterocycles. The molecule has 1 amide bonds. The molecule has 2 rings (SSSR count). The summed E-state index contributed by atoms with van der Waals surface area (Å²) in [6.07, 6.45) is 1.13.